The van der Waals surface area contributed by atoms with Crippen molar-refractivity contribution >= 4 is 5.69 Å². The molecular formula is C16H19NO. The maximum absolute atomic E-state index is 5.53. The molecule has 0 saturated carbocycles. The van der Waals surface area contributed by atoms with Crippen LogP contribution in [0.15, 0.2) is 42.5 Å². The first-order valence-electron chi connectivity index (χ1n) is 6.17. The van der Waals surface area contributed by atoms with Crippen LogP contribution in [0.3, 0.4) is 0 Å². The number of nitrogens with one attached hydrogen (secondary N) is 1. The highest BCUT2D eigenvalue weighted by Gasteiger charge is 2.03. The van der Waals surface area contributed by atoms with Crippen molar-refractivity contribution in [1.29, 1.82) is 0 Å². The molecule has 0 bridgehead atoms. The van der Waals surface area contributed by atoms with E-state index in [9.17, 15) is 0 Å². The second kappa shape index (κ2) is 5.69. The Morgan fingerprint density at radius 3 is 2.33 bits per heavy atom. The molecular weight excluding hydrogens is 222 g/mol. The Morgan fingerprint density at radius 1 is 0.889 bits per heavy atom. The molecule has 0 aromatic heterocycles. The van der Waals surface area contributed by atoms with Crippen molar-refractivity contribution in [3.63, 3.8) is 0 Å². The van der Waals surface area contributed by atoms with E-state index < -0.39 is 0 Å². The quantitative estimate of drug-likeness (QED) is 0.812. The molecule has 0 radical (unpaired) electrons. The molecule has 18 heavy (non-hydrogen) atoms. The Balaban J connectivity index is 1.97. The molecule has 0 saturated heterocycles. The summed E-state index contributed by atoms with van der Waals surface area (Å²) in [6, 6.07) is 14.3. The fraction of sp³-hybridized carbons (Fsp3) is 0.250. The standard InChI is InChI=1S/C16H19NO/c1-12-9-10-16(14(3)13(12)2)17-18-11-15-7-5-4-6-8-15/h4-10,17H,11H2,1-3H3. The molecule has 0 amide bonds. The third-order valence-corrected chi connectivity index (χ3v) is 3.32. The molecule has 2 aromatic carbocycles. The molecule has 0 unspecified atom stereocenters. The van der Waals surface area contributed by atoms with Gasteiger partial charge in [-0.05, 0) is 49.1 Å². The Labute approximate surface area is 109 Å². The molecule has 0 fully saturated rings. The van der Waals surface area contributed by atoms with Crippen LogP contribution in [0.4, 0.5) is 5.69 Å². The lowest BCUT2D eigenvalue weighted by atomic mass is 10.0. The van der Waals surface area contributed by atoms with E-state index in [1.807, 2.05) is 18.2 Å². The summed E-state index contributed by atoms with van der Waals surface area (Å²) in [5, 5.41) is 0. The lowest BCUT2D eigenvalue weighted by Crippen LogP contribution is -2.04. The topological polar surface area (TPSA) is 21.3 Å². The zero-order chi connectivity index (χ0) is 13.0. The predicted molar refractivity (Wildman–Crippen MR) is 75.5 cm³/mol. The van der Waals surface area contributed by atoms with E-state index in [0.29, 0.717) is 6.61 Å². The fourth-order valence-electron chi connectivity index (χ4n) is 1.84. The number of aryl methyl sites for hydroxylation is 1. The number of rotatable bonds is 4. The summed E-state index contributed by atoms with van der Waals surface area (Å²) in [6.07, 6.45) is 0. The van der Waals surface area contributed by atoms with Crippen LogP contribution >= 0.6 is 0 Å². The molecule has 1 N–H and O–H groups in total. The van der Waals surface area contributed by atoms with Crippen LogP contribution in [0.2, 0.25) is 0 Å². The monoisotopic (exact) mass is 241 g/mol. The fourth-order valence-corrected chi connectivity index (χ4v) is 1.84. The first-order valence-corrected chi connectivity index (χ1v) is 6.17. The summed E-state index contributed by atoms with van der Waals surface area (Å²) < 4.78 is 0. The average molecular weight is 241 g/mol. The third kappa shape index (κ3) is 2.90. The molecule has 0 spiro atoms. The summed E-state index contributed by atoms with van der Waals surface area (Å²) in [6.45, 7) is 6.92. The van der Waals surface area contributed by atoms with E-state index in [1.54, 1.807) is 0 Å². The minimum absolute atomic E-state index is 0.563. The van der Waals surface area contributed by atoms with Crippen LogP contribution in [0.25, 0.3) is 0 Å². The first-order chi connectivity index (χ1) is 8.68. The number of hydrogen-bond acceptors (Lipinski definition) is 2. The SMILES string of the molecule is Cc1ccc(NOCc2ccccc2)c(C)c1C. The van der Waals surface area contributed by atoms with Gasteiger partial charge in [0.05, 0.1) is 12.3 Å². The highest BCUT2D eigenvalue weighted by Crippen LogP contribution is 2.21. The summed E-state index contributed by atoms with van der Waals surface area (Å²) in [4.78, 5) is 5.53. The largest absolute Gasteiger partial charge is 0.271 e. The molecule has 2 nitrogen and oxygen atoms in total. The van der Waals surface area contributed by atoms with Crippen molar-refractivity contribution in [2.75, 3.05) is 5.48 Å². The van der Waals surface area contributed by atoms with Crippen LogP contribution in [-0.4, -0.2) is 0 Å². The molecule has 0 atom stereocenters. The molecule has 2 rings (SSSR count). The van der Waals surface area contributed by atoms with Gasteiger partial charge in [-0.3, -0.25) is 10.3 Å². The van der Waals surface area contributed by atoms with E-state index >= 15 is 0 Å². The van der Waals surface area contributed by atoms with Crippen molar-refractivity contribution in [3.05, 3.63) is 64.7 Å². The maximum Gasteiger partial charge on any atom is 0.0996 e. The van der Waals surface area contributed by atoms with Crippen LogP contribution < -0.4 is 5.48 Å². The molecule has 0 aliphatic carbocycles. The van der Waals surface area contributed by atoms with Gasteiger partial charge in [-0.25, -0.2) is 0 Å². The van der Waals surface area contributed by atoms with Crippen LogP contribution in [0.5, 0.6) is 0 Å². The van der Waals surface area contributed by atoms with Gasteiger partial charge < -0.3 is 0 Å². The van der Waals surface area contributed by atoms with E-state index in [2.05, 4.69) is 50.5 Å². The summed E-state index contributed by atoms with van der Waals surface area (Å²) in [5.74, 6) is 0. The minimum atomic E-state index is 0.563. The zero-order valence-electron chi connectivity index (χ0n) is 11.2. The molecule has 0 heterocycles. The Kier molecular flexibility index (Phi) is 4.00. The van der Waals surface area contributed by atoms with Gasteiger partial charge in [0.1, 0.15) is 0 Å². The molecule has 0 aliphatic rings. The Bertz CT molecular complexity index is 520. The van der Waals surface area contributed by atoms with Gasteiger partial charge in [-0.15, -0.1) is 0 Å². The highest BCUT2D eigenvalue weighted by atomic mass is 16.6. The van der Waals surface area contributed by atoms with Gasteiger partial charge in [-0.1, -0.05) is 36.4 Å². The van der Waals surface area contributed by atoms with Crippen LogP contribution in [0.1, 0.15) is 22.3 Å². The van der Waals surface area contributed by atoms with E-state index in [0.717, 1.165) is 11.3 Å². The Hall–Kier alpha value is -1.80. The third-order valence-electron chi connectivity index (χ3n) is 3.32. The van der Waals surface area contributed by atoms with E-state index in [4.69, 9.17) is 4.84 Å². The first kappa shape index (κ1) is 12.7. The second-order valence-corrected chi connectivity index (χ2v) is 4.56. The van der Waals surface area contributed by atoms with Crippen LogP contribution in [0, 0.1) is 20.8 Å². The van der Waals surface area contributed by atoms with E-state index in [1.165, 1.54) is 16.7 Å². The van der Waals surface area contributed by atoms with Gasteiger partial charge >= 0.3 is 0 Å². The highest BCUT2D eigenvalue weighted by molar-refractivity contribution is 5.54. The lowest BCUT2D eigenvalue weighted by molar-refractivity contribution is 0.180. The predicted octanol–water partition coefficient (Wildman–Crippen LogP) is 4.16. The Morgan fingerprint density at radius 2 is 1.61 bits per heavy atom. The van der Waals surface area contributed by atoms with Gasteiger partial charge in [0.2, 0.25) is 0 Å². The number of hydrogen-bond donors (Lipinski definition) is 1. The van der Waals surface area contributed by atoms with Crippen molar-refractivity contribution < 1.29 is 4.84 Å². The van der Waals surface area contributed by atoms with Crippen LogP contribution in [-0.2, 0) is 11.4 Å². The minimum Gasteiger partial charge on any atom is -0.271 e. The van der Waals surface area contributed by atoms with Gasteiger partial charge in [0.15, 0.2) is 0 Å². The van der Waals surface area contributed by atoms with E-state index in [-0.39, 0.29) is 0 Å². The zero-order valence-corrected chi connectivity index (χ0v) is 11.2. The molecule has 2 heteroatoms. The smallest absolute Gasteiger partial charge is 0.0996 e. The van der Waals surface area contributed by atoms with Gasteiger partial charge in [0, 0.05) is 0 Å². The molecule has 94 valence electrons. The van der Waals surface area contributed by atoms with Crippen molar-refractivity contribution in [3.8, 4) is 0 Å². The van der Waals surface area contributed by atoms with Crippen molar-refractivity contribution in [1.82, 2.24) is 0 Å². The van der Waals surface area contributed by atoms with Gasteiger partial charge in [0.25, 0.3) is 0 Å². The van der Waals surface area contributed by atoms with Crippen molar-refractivity contribution in [2.45, 2.75) is 27.4 Å². The van der Waals surface area contributed by atoms with Crippen molar-refractivity contribution in [2.24, 2.45) is 0 Å². The normalized spacial score (nSPS) is 10.4. The molecule has 0 aliphatic heterocycles. The number of anilines is 1. The maximum atomic E-state index is 5.53. The van der Waals surface area contributed by atoms with Gasteiger partial charge in [-0.2, -0.15) is 0 Å². The number of benzene rings is 2. The second-order valence-electron chi connectivity index (χ2n) is 4.56. The summed E-state index contributed by atoms with van der Waals surface area (Å²) in [5.41, 5.74) is 9.08. The lowest BCUT2D eigenvalue weighted by Gasteiger charge is -2.13. The molecule has 2 aromatic rings. The summed E-state index contributed by atoms with van der Waals surface area (Å²) in [7, 11) is 0. The summed E-state index contributed by atoms with van der Waals surface area (Å²) >= 11 is 0. The average Bonchev–Trinajstić information content (AvgIpc) is 2.40.